The predicted molar refractivity (Wildman–Crippen MR) is 118 cm³/mol. The molecule has 5 rings (SSSR count). The van der Waals surface area contributed by atoms with Crippen LogP contribution in [-0.4, -0.2) is 41.5 Å². The van der Waals surface area contributed by atoms with Gasteiger partial charge in [-0.15, -0.1) is 0 Å². The number of carbonyl (C=O) groups excluding carboxylic acids is 1. The summed E-state index contributed by atoms with van der Waals surface area (Å²) in [5.41, 5.74) is 2.24. The zero-order valence-corrected chi connectivity index (χ0v) is 19.0. The van der Waals surface area contributed by atoms with Crippen molar-refractivity contribution >= 4 is 5.97 Å². The van der Waals surface area contributed by atoms with Crippen LogP contribution >= 0.6 is 0 Å². The Bertz CT molecular complexity index is 929. The van der Waals surface area contributed by atoms with Crippen molar-refractivity contribution in [1.82, 2.24) is 4.98 Å². The normalized spacial score (nSPS) is 40.2. The van der Waals surface area contributed by atoms with Gasteiger partial charge in [-0.05, 0) is 67.6 Å². The van der Waals surface area contributed by atoms with Crippen molar-refractivity contribution in [3.8, 4) is 0 Å². The van der Waals surface area contributed by atoms with Gasteiger partial charge < -0.3 is 19.3 Å². The number of carbonyl (C=O) groups is 1. The fourth-order valence-corrected chi connectivity index (χ4v) is 6.93. The van der Waals surface area contributed by atoms with E-state index in [1.807, 2.05) is 18.2 Å². The standard InChI is InChI=1S/C26H33NO5/c1-16-7-8-21-25(2,18(16)14-20(28)17-10-13-30-23(17)29)11-9-22-26(21,3)15-31-24(32-22)19-6-4-5-12-27-19/h4-6,10,12,18,20-22,24,28H,1,7-9,11,13-15H2,2-3H3/t18-,20?,21+,22-,24?,25+,26+/m1/s1. The summed E-state index contributed by atoms with van der Waals surface area (Å²) >= 11 is 0. The number of hydrogen-bond acceptors (Lipinski definition) is 6. The SMILES string of the molecule is C=C1CC[C@@H]2[C@]3(C)COC(c4ccccn4)O[C@@H]3CC[C@@]2(C)[C@@H]1CC(O)C1=CCOC1=O. The first-order chi connectivity index (χ1) is 15.3. The molecule has 2 aliphatic carbocycles. The summed E-state index contributed by atoms with van der Waals surface area (Å²) in [6.07, 6.45) is 6.73. The summed E-state index contributed by atoms with van der Waals surface area (Å²) in [5, 5.41) is 10.9. The van der Waals surface area contributed by atoms with Crippen molar-refractivity contribution in [1.29, 1.82) is 0 Å². The second-order valence-corrected chi connectivity index (χ2v) is 10.4. The first-order valence-electron chi connectivity index (χ1n) is 11.7. The number of fused-ring (bicyclic) bond motifs is 3. The topological polar surface area (TPSA) is 77.9 Å². The highest BCUT2D eigenvalue weighted by molar-refractivity contribution is 5.91. The maximum atomic E-state index is 12.0. The minimum atomic E-state index is -0.819. The predicted octanol–water partition coefficient (Wildman–Crippen LogP) is 4.12. The molecule has 172 valence electrons. The summed E-state index contributed by atoms with van der Waals surface area (Å²) in [7, 11) is 0. The van der Waals surface area contributed by atoms with Crippen LogP contribution in [0.1, 0.15) is 57.9 Å². The highest BCUT2D eigenvalue weighted by Crippen LogP contribution is 2.64. The lowest BCUT2D eigenvalue weighted by Crippen LogP contribution is -2.60. The first-order valence-corrected chi connectivity index (χ1v) is 11.7. The number of aliphatic hydroxyl groups is 1. The molecule has 6 heteroatoms. The van der Waals surface area contributed by atoms with Gasteiger partial charge >= 0.3 is 5.97 Å². The molecule has 2 saturated carbocycles. The Labute approximate surface area is 189 Å². The van der Waals surface area contributed by atoms with Gasteiger partial charge in [0.05, 0.1) is 30.1 Å². The van der Waals surface area contributed by atoms with E-state index in [2.05, 4.69) is 25.4 Å². The number of pyridine rings is 1. The highest BCUT2D eigenvalue weighted by atomic mass is 16.7. The Morgan fingerprint density at radius 1 is 1.28 bits per heavy atom. The molecular weight excluding hydrogens is 406 g/mol. The molecule has 6 nitrogen and oxygen atoms in total. The maximum Gasteiger partial charge on any atom is 0.336 e. The van der Waals surface area contributed by atoms with E-state index >= 15 is 0 Å². The number of aliphatic hydroxyl groups excluding tert-OH is 1. The number of hydrogen-bond donors (Lipinski definition) is 1. The van der Waals surface area contributed by atoms with E-state index in [4.69, 9.17) is 14.2 Å². The molecule has 1 N–H and O–H groups in total. The molecule has 2 unspecified atom stereocenters. The lowest BCUT2D eigenvalue weighted by atomic mass is 9.45. The van der Waals surface area contributed by atoms with Crippen LogP contribution in [0.3, 0.4) is 0 Å². The molecule has 0 bridgehead atoms. The van der Waals surface area contributed by atoms with E-state index in [0.717, 1.165) is 31.4 Å². The Balaban J connectivity index is 1.37. The number of nitrogens with zero attached hydrogens (tertiary/aromatic N) is 1. The second-order valence-electron chi connectivity index (χ2n) is 10.4. The molecule has 0 spiro atoms. The second kappa shape index (κ2) is 8.08. The van der Waals surface area contributed by atoms with Gasteiger partial charge in [-0.25, -0.2) is 4.79 Å². The third-order valence-corrected chi connectivity index (χ3v) is 8.65. The number of ether oxygens (including phenoxy) is 3. The van der Waals surface area contributed by atoms with Crippen LogP contribution in [0.5, 0.6) is 0 Å². The third kappa shape index (κ3) is 3.44. The van der Waals surface area contributed by atoms with Gasteiger partial charge in [0.25, 0.3) is 0 Å². The quantitative estimate of drug-likeness (QED) is 0.562. The fourth-order valence-electron chi connectivity index (χ4n) is 6.93. The van der Waals surface area contributed by atoms with Gasteiger partial charge in [-0.2, -0.15) is 0 Å². The van der Waals surface area contributed by atoms with Gasteiger partial charge in [-0.3, -0.25) is 4.98 Å². The molecule has 0 amide bonds. The molecule has 0 aromatic carbocycles. The fraction of sp³-hybridized carbons (Fsp3) is 0.615. The minimum absolute atomic E-state index is 0.0326. The number of cyclic esters (lactones) is 1. The van der Waals surface area contributed by atoms with Gasteiger partial charge in [0.2, 0.25) is 6.29 Å². The van der Waals surface area contributed by atoms with Crippen LogP contribution in [0.15, 0.2) is 48.2 Å². The maximum absolute atomic E-state index is 12.0. The van der Waals surface area contributed by atoms with Gasteiger partial charge in [0, 0.05) is 11.6 Å². The Hall–Kier alpha value is -2.02. The highest BCUT2D eigenvalue weighted by Gasteiger charge is 2.60. The van der Waals surface area contributed by atoms with Crippen LogP contribution < -0.4 is 0 Å². The van der Waals surface area contributed by atoms with Crippen molar-refractivity contribution in [2.45, 2.75) is 64.4 Å². The Kier molecular flexibility index (Phi) is 5.51. The summed E-state index contributed by atoms with van der Waals surface area (Å²) in [6, 6.07) is 5.80. The average molecular weight is 440 g/mol. The molecule has 2 aliphatic heterocycles. The monoisotopic (exact) mass is 439 g/mol. The van der Waals surface area contributed by atoms with Crippen molar-refractivity contribution in [2.75, 3.05) is 13.2 Å². The molecular formula is C26H33NO5. The lowest BCUT2D eigenvalue weighted by molar-refractivity contribution is -0.308. The van der Waals surface area contributed by atoms with Gasteiger partial charge in [0.15, 0.2) is 0 Å². The number of aromatic nitrogens is 1. The van der Waals surface area contributed by atoms with Crippen LogP contribution in [-0.2, 0) is 19.0 Å². The summed E-state index contributed by atoms with van der Waals surface area (Å²) in [4.78, 5) is 16.4. The average Bonchev–Trinajstić information content (AvgIpc) is 3.22. The molecule has 0 radical (unpaired) electrons. The van der Waals surface area contributed by atoms with E-state index < -0.39 is 18.4 Å². The molecule has 1 aromatic heterocycles. The summed E-state index contributed by atoms with van der Waals surface area (Å²) in [6.45, 7) is 9.91. The van der Waals surface area contributed by atoms with Crippen LogP contribution in [0.4, 0.5) is 0 Å². The minimum Gasteiger partial charge on any atom is -0.458 e. The molecule has 1 saturated heterocycles. The summed E-state index contributed by atoms with van der Waals surface area (Å²) < 4.78 is 17.7. The Morgan fingerprint density at radius 2 is 2.12 bits per heavy atom. The van der Waals surface area contributed by atoms with E-state index in [9.17, 15) is 9.90 Å². The first kappa shape index (κ1) is 21.8. The van der Waals surface area contributed by atoms with E-state index in [1.54, 1.807) is 12.3 Å². The Morgan fingerprint density at radius 3 is 2.84 bits per heavy atom. The van der Waals surface area contributed by atoms with Crippen molar-refractivity contribution in [2.24, 2.45) is 22.7 Å². The number of esters is 1. The van der Waals surface area contributed by atoms with E-state index in [-0.39, 0.29) is 29.5 Å². The van der Waals surface area contributed by atoms with Gasteiger partial charge in [0.1, 0.15) is 6.61 Å². The smallest absolute Gasteiger partial charge is 0.336 e. The third-order valence-electron chi connectivity index (χ3n) is 8.65. The molecule has 32 heavy (non-hydrogen) atoms. The van der Waals surface area contributed by atoms with Crippen LogP contribution in [0, 0.1) is 22.7 Å². The van der Waals surface area contributed by atoms with E-state index in [1.165, 1.54) is 5.57 Å². The molecule has 3 heterocycles. The van der Waals surface area contributed by atoms with Crippen molar-refractivity contribution in [3.05, 3.63) is 53.9 Å². The summed E-state index contributed by atoms with van der Waals surface area (Å²) in [5.74, 6) is 0.119. The zero-order valence-electron chi connectivity index (χ0n) is 19.0. The number of rotatable bonds is 4. The largest absolute Gasteiger partial charge is 0.458 e. The molecule has 4 aliphatic rings. The molecule has 7 atom stereocenters. The van der Waals surface area contributed by atoms with Gasteiger partial charge in [-0.1, -0.05) is 32.1 Å². The lowest BCUT2D eigenvalue weighted by Gasteiger charge is -2.62. The molecule has 3 fully saturated rings. The van der Waals surface area contributed by atoms with E-state index in [0.29, 0.717) is 24.5 Å². The zero-order chi connectivity index (χ0) is 22.5. The van der Waals surface area contributed by atoms with Crippen LogP contribution in [0.25, 0.3) is 0 Å². The van der Waals surface area contributed by atoms with Crippen molar-refractivity contribution < 1.29 is 24.1 Å². The van der Waals surface area contributed by atoms with Crippen molar-refractivity contribution in [3.63, 3.8) is 0 Å². The number of allylic oxidation sites excluding steroid dienone is 1. The molecule has 1 aromatic rings. The van der Waals surface area contributed by atoms with Crippen LogP contribution in [0.2, 0.25) is 0 Å².